The van der Waals surface area contributed by atoms with Crippen molar-refractivity contribution >= 4 is 29.7 Å². The lowest BCUT2D eigenvalue weighted by Gasteiger charge is -2.39. The van der Waals surface area contributed by atoms with Crippen molar-refractivity contribution in [1.29, 1.82) is 0 Å². The van der Waals surface area contributed by atoms with Crippen molar-refractivity contribution in [3.05, 3.63) is 35.1 Å². The third-order valence-corrected chi connectivity index (χ3v) is 5.92. The van der Waals surface area contributed by atoms with Crippen LogP contribution in [-0.4, -0.2) is 80.2 Å². The van der Waals surface area contributed by atoms with Gasteiger partial charge >= 0.3 is 23.9 Å². The Hall–Kier alpha value is -3.51. The number of aliphatic hydroxyl groups excluding tert-OH is 1. The first kappa shape index (κ1) is 29.7. The zero-order valence-electron chi connectivity index (χ0n) is 21.4. The van der Waals surface area contributed by atoms with Crippen LogP contribution in [0.5, 0.6) is 0 Å². The van der Waals surface area contributed by atoms with E-state index in [9.17, 15) is 29.1 Å². The van der Waals surface area contributed by atoms with E-state index in [0.29, 0.717) is 16.7 Å². The number of ether oxygens (including phenoxy) is 6. The number of aliphatic hydroxyl groups is 1. The highest BCUT2D eigenvalue weighted by atomic mass is 16.7. The summed E-state index contributed by atoms with van der Waals surface area (Å²) < 4.78 is 31.4. The fourth-order valence-electron chi connectivity index (χ4n) is 4.12. The summed E-state index contributed by atoms with van der Waals surface area (Å²) in [6.45, 7) is 4.54. The SMILES string of the molecule is CO[C@]1(CO)C(=O)C[C@@H]2C(COC(=O)/C=C(\C)COC(C)=O)=CO[C@@H](OC(=O)/C=C(\C)COC(C)=O)[C@@H]21. The molecule has 0 bridgehead atoms. The lowest BCUT2D eigenvalue weighted by molar-refractivity contribution is -0.209. The molecule has 0 radical (unpaired) electrons. The molecule has 0 unspecified atom stereocenters. The Kier molecular flexibility index (Phi) is 10.6. The van der Waals surface area contributed by atoms with E-state index < -0.39 is 60.0 Å². The molecular weight excluding hydrogens is 492 g/mol. The molecule has 1 N–H and O–H groups in total. The molecule has 0 aromatic rings. The Morgan fingerprint density at radius 1 is 1.00 bits per heavy atom. The zero-order valence-corrected chi connectivity index (χ0v) is 21.4. The van der Waals surface area contributed by atoms with Gasteiger partial charge in [-0.15, -0.1) is 0 Å². The van der Waals surface area contributed by atoms with Crippen molar-refractivity contribution in [2.24, 2.45) is 11.8 Å². The quantitative estimate of drug-likeness (QED) is 0.231. The summed E-state index contributed by atoms with van der Waals surface area (Å²) in [6, 6.07) is 0. The third kappa shape index (κ3) is 7.73. The van der Waals surface area contributed by atoms with Gasteiger partial charge in [0.05, 0.1) is 18.8 Å². The summed E-state index contributed by atoms with van der Waals surface area (Å²) in [5, 5.41) is 10.1. The van der Waals surface area contributed by atoms with Gasteiger partial charge in [0.1, 0.15) is 19.8 Å². The van der Waals surface area contributed by atoms with E-state index in [4.69, 9.17) is 28.4 Å². The van der Waals surface area contributed by atoms with Crippen molar-refractivity contribution < 1.29 is 57.5 Å². The molecule has 1 aliphatic heterocycles. The average molecular weight is 525 g/mol. The lowest BCUT2D eigenvalue weighted by Crippen LogP contribution is -2.53. The highest BCUT2D eigenvalue weighted by Gasteiger charge is 2.62. The smallest absolute Gasteiger partial charge is 0.333 e. The first-order chi connectivity index (χ1) is 17.4. The summed E-state index contributed by atoms with van der Waals surface area (Å²) in [7, 11) is 1.26. The summed E-state index contributed by atoms with van der Waals surface area (Å²) in [5.74, 6) is -4.48. The van der Waals surface area contributed by atoms with Gasteiger partial charge in [-0.05, 0) is 25.0 Å². The summed E-state index contributed by atoms with van der Waals surface area (Å²) in [4.78, 5) is 59.5. The number of rotatable bonds is 11. The highest BCUT2D eigenvalue weighted by Crippen LogP contribution is 2.48. The second-order valence-corrected chi connectivity index (χ2v) is 8.80. The first-order valence-corrected chi connectivity index (χ1v) is 11.5. The van der Waals surface area contributed by atoms with Crippen LogP contribution in [0.2, 0.25) is 0 Å². The lowest BCUT2D eigenvalue weighted by atomic mass is 9.80. The molecule has 2 rings (SSSR count). The Morgan fingerprint density at radius 3 is 2.08 bits per heavy atom. The van der Waals surface area contributed by atoms with Gasteiger partial charge in [0.25, 0.3) is 0 Å². The molecular formula is C25H32O12. The zero-order chi connectivity index (χ0) is 27.8. The molecule has 0 saturated heterocycles. The highest BCUT2D eigenvalue weighted by molar-refractivity contribution is 5.91. The van der Waals surface area contributed by atoms with E-state index in [1.165, 1.54) is 33.3 Å². The number of hydrogen-bond donors (Lipinski definition) is 1. The van der Waals surface area contributed by atoms with Crippen molar-refractivity contribution in [2.45, 2.75) is 46.0 Å². The second kappa shape index (κ2) is 13.2. The number of ketones is 1. The first-order valence-electron chi connectivity index (χ1n) is 11.5. The van der Waals surface area contributed by atoms with E-state index in [0.717, 1.165) is 6.08 Å². The third-order valence-electron chi connectivity index (χ3n) is 5.92. The Labute approximate surface area is 214 Å². The summed E-state index contributed by atoms with van der Waals surface area (Å²) >= 11 is 0. The van der Waals surface area contributed by atoms with Crippen molar-refractivity contribution in [1.82, 2.24) is 0 Å². The molecule has 0 aromatic carbocycles. The molecule has 1 fully saturated rings. The van der Waals surface area contributed by atoms with Gasteiger partial charge in [0.15, 0.2) is 11.4 Å². The van der Waals surface area contributed by atoms with Crippen molar-refractivity contribution in [3.63, 3.8) is 0 Å². The van der Waals surface area contributed by atoms with Crippen LogP contribution in [0, 0.1) is 11.8 Å². The van der Waals surface area contributed by atoms with Crippen LogP contribution in [0.3, 0.4) is 0 Å². The fourth-order valence-corrected chi connectivity index (χ4v) is 4.12. The Bertz CT molecular complexity index is 1000. The molecule has 1 saturated carbocycles. The van der Waals surface area contributed by atoms with Crippen molar-refractivity contribution in [2.75, 3.05) is 33.5 Å². The molecule has 1 heterocycles. The number of carbonyl (C=O) groups excluding carboxylic acids is 5. The number of Topliss-reactive ketones (excluding diaryl/α,β-unsaturated/α-hetero) is 1. The summed E-state index contributed by atoms with van der Waals surface area (Å²) in [6.07, 6.45) is 2.19. The molecule has 4 atom stereocenters. The topological polar surface area (TPSA) is 161 Å². The van der Waals surface area contributed by atoms with Crippen molar-refractivity contribution in [3.8, 4) is 0 Å². The molecule has 0 amide bonds. The van der Waals surface area contributed by atoms with Gasteiger partial charge in [-0.25, -0.2) is 9.59 Å². The van der Waals surface area contributed by atoms with Crippen LogP contribution in [-0.2, 0) is 52.4 Å². The predicted octanol–water partition coefficient (Wildman–Crippen LogP) is 0.915. The van der Waals surface area contributed by atoms with Crippen LogP contribution in [0.4, 0.5) is 0 Å². The monoisotopic (exact) mass is 524 g/mol. The minimum atomic E-state index is -1.70. The molecule has 37 heavy (non-hydrogen) atoms. The maximum Gasteiger partial charge on any atom is 0.333 e. The van der Waals surface area contributed by atoms with E-state index in [1.54, 1.807) is 13.8 Å². The number of carbonyl (C=O) groups is 5. The van der Waals surface area contributed by atoms with Gasteiger partial charge in [0, 0.05) is 51.0 Å². The van der Waals surface area contributed by atoms with Crippen LogP contribution < -0.4 is 0 Å². The van der Waals surface area contributed by atoms with Crippen LogP contribution in [0.15, 0.2) is 35.1 Å². The van der Waals surface area contributed by atoms with Gasteiger partial charge in [0.2, 0.25) is 6.29 Å². The Balaban J connectivity index is 2.18. The predicted molar refractivity (Wildman–Crippen MR) is 124 cm³/mol. The number of methoxy groups -OCH3 is 1. The van der Waals surface area contributed by atoms with Crippen LogP contribution in [0.1, 0.15) is 34.1 Å². The molecule has 12 heteroatoms. The standard InChI is InChI=1S/C25H32O12/c1-14(9-33-16(3)27)6-21(30)35-11-18-12-36-24(37-22(31)7-15(2)10-34-17(4)28)23-19(18)8-20(29)25(23,13-26)32-5/h6-7,12,19,23-24,26H,8-11,13H2,1-5H3/b14-6+,15-7+/t19-,23-,24+,25-/m1/s1. The maximum absolute atomic E-state index is 12.9. The maximum atomic E-state index is 12.9. The van der Waals surface area contributed by atoms with E-state index >= 15 is 0 Å². The van der Waals surface area contributed by atoms with Gasteiger partial charge in [-0.2, -0.15) is 0 Å². The van der Waals surface area contributed by atoms with E-state index in [-0.39, 0.29) is 26.2 Å². The summed E-state index contributed by atoms with van der Waals surface area (Å²) in [5.41, 5.74) is -0.393. The van der Waals surface area contributed by atoms with Crippen LogP contribution in [0.25, 0.3) is 0 Å². The molecule has 1 aliphatic carbocycles. The van der Waals surface area contributed by atoms with E-state index in [2.05, 4.69) is 0 Å². The molecule has 12 nitrogen and oxygen atoms in total. The van der Waals surface area contributed by atoms with Gasteiger partial charge < -0.3 is 33.5 Å². The van der Waals surface area contributed by atoms with Gasteiger partial charge in [-0.1, -0.05) is 0 Å². The minimum Gasteiger partial charge on any atom is -0.462 e. The van der Waals surface area contributed by atoms with E-state index in [1.807, 2.05) is 0 Å². The number of fused-ring (bicyclic) bond motifs is 1. The second-order valence-electron chi connectivity index (χ2n) is 8.80. The number of esters is 4. The largest absolute Gasteiger partial charge is 0.462 e. The minimum absolute atomic E-state index is 0.0653. The fraction of sp³-hybridized carbons (Fsp3) is 0.560. The number of hydrogen-bond acceptors (Lipinski definition) is 12. The molecule has 0 aromatic heterocycles. The van der Waals surface area contributed by atoms with Gasteiger partial charge in [-0.3, -0.25) is 14.4 Å². The normalized spacial score (nSPS) is 25.4. The average Bonchev–Trinajstić information content (AvgIpc) is 3.13. The molecule has 204 valence electrons. The molecule has 2 aliphatic rings. The molecule has 0 spiro atoms. The van der Waals surface area contributed by atoms with Crippen LogP contribution >= 0.6 is 0 Å². The Morgan fingerprint density at radius 2 is 1.57 bits per heavy atom.